The molecule has 0 heterocycles. The van der Waals surface area contributed by atoms with E-state index >= 15 is 0 Å². The van der Waals surface area contributed by atoms with Gasteiger partial charge in [0.05, 0.1) is 0 Å². The van der Waals surface area contributed by atoms with Gasteiger partial charge in [-0.05, 0) is 49.4 Å². The molecular weight excluding hydrogens is 321 g/mol. The topological polar surface area (TPSA) is 12.4 Å². The van der Waals surface area contributed by atoms with Crippen LogP contribution in [0.4, 0.5) is 0 Å². The summed E-state index contributed by atoms with van der Waals surface area (Å²) in [6.07, 6.45) is 19.9. The second-order valence-electron chi connectivity index (χ2n) is 8.16. The summed E-state index contributed by atoms with van der Waals surface area (Å²) < 4.78 is 5.68. The van der Waals surface area contributed by atoms with Crippen LogP contribution in [0.2, 0.25) is 0 Å². The molecule has 0 fully saturated rings. The van der Waals surface area contributed by atoms with E-state index in [0.29, 0.717) is 0 Å². The van der Waals surface area contributed by atoms with Crippen LogP contribution in [0.25, 0.3) is 0 Å². The molecular formula is C23H44NP. The fourth-order valence-corrected chi connectivity index (χ4v) is 10.0. The third-order valence-electron chi connectivity index (χ3n) is 6.10. The summed E-state index contributed by atoms with van der Waals surface area (Å²) in [6.45, 7) is 14.6. The number of allylic oxidation sites excluding steroid dienone is 3. The van der Waals surface area contributed by atoms with Gasteiger partial charge in [0, 0.05) is 12.1 Å². The molecule has 2 heteroatoms. The number of unbranched alkanes of at least 4 members (excludes halogenated alkanes) is 3. The van der Waals surface area contributed by atoms with Gasteiger partial charge in [-0.25, -0.2) is 0 Å². The molecule has 3 atom stereocenters. The van der Waals surface area contributed by atoms with Crippen LogP contribution in [-0.4, -0.2) is 17.0 Å². The summed E-state index contributed by atoms with van der Waals surface area (Å²) in [5.74, 6) is 0. The zero-order chi connectivity index (χ0) is 18.7. The van der Waals surface area contributed by atoms with Crippen molar-refractivity contribution in [3.63, 3.8) is 0 Å². The predicted molar refractivity (Wildman–Crippen MR) is 118 cm³/mol. The summed E-state index contributed by atoms with van der Waals surface area (Å²) in [7, 11) is -1.39. The van der Waals surface area contributed by atoms with Gasteiger partial charge in [0.25, 0.3) is 0 Å². The molecule has 0 aromatic carbocycles. The van der Waals surface area contributed by atoms with Crippen molar-refractivity contribution in [2.24, 2.45) is 4.74 Å². The Balaban J connectivity index is 3.28. The first-order valence-corrected chi connectivity index (χ1v) is 12.9. The zero-order valence-electron chi connectivity index (χ0n) is 17.9. The molecule has 1 aliphatic carbocycles. The lowest BCUT2D eigenvalue weighted by molar-refractivity contribution is 0.642. The lowest BCUT2D eigenvalue weighted by Crippen LogP contribution is -2.23. The van der Waals surface area contributed by atoms with E-state index in [1.54, 1.807) is 0 Å². The number of rotatable bonds is 13. The van der Waals surface area contributed by atoms with Gasteiger partial charge in [0.2, 0.25) is 0 Å². The fourth-order valence-electron chi connectivity index (χ4n) is 4.45. The van der Waals surface area contributed by atoms with Gasteiger partial charge < -0.3 is 0 Å². The molecule has 25 heavy (non-hydrogen) atoms. The van der Waals surface area contributed by atoms with E-state index < -0.39 is 7.05 Å². The molecule has 0 bridgehead atoms. The lowest BCUT2D eigenvalue weighted by Gasteiger charge is -2.42. The third-order valence-corrected chi connectivity index (χ3v) is 11.7. The molecule has 0 aliphatic heterocycles. The first-order valence-electron chi connectivity index (χ1n) is 11.0. The molecule has 3 unspecified atom stereocenters. The molecule has 0 saturated heterocycles. The minimum absolute atomic E-state index is 0.771. The van der Waals surface area contributed by atoms with Gasteiger partial charge in [-0.1, -0.05) is 92.2 Å². The van der Waals surface area contributed by atoms with E-state index in [2.05, 4.69) is 59.8 Å². The molecule has 1 nitrogen and oxygen atoms in total. The van der Waals surface area contributed by atoms with Crippen molar-refractivity contribution in [1.82, 2.24) is 0 Å². The van der Waals surface area contributed by atoms with E-state index in [9.17, 15) is 0 Å². The predicted octanol–water partition coefficient (Wildman–Crippen LogP) is 8.77. The van der Waals surface area contributed by atoms with Crippen LogP contribution in [0.15, 0.2) is 28.7 Å². The summed E-state index contributed by atoms with van der Waals surface area (Å²) in [4.78, 5) is 0. The number of nitrogens with zero attached hydrogens (tertiary/aromatic N) is 1. The minimum atomic E-state index is -1.39. The smallest absolute Gasteiger partial charge is 0.0425 e. The van der Waals surface area contributed by atoms with Crippen LogP contribution in [0.1, 0.15) is 106 Å². The van der Waals surface area contributed by atoms with Crippen molar-refractivity contribution < 1.29 is 0 Å². The Kier molecular flexibility index (Phi) is 11.1. The molecule has 0 aromatic rings. The standard InChI is InChI=1S/C23H44NP/c1-7-10-15-20(4)25(21(5)16-11-8-2,22(6)17-12-9-3)24-23-18-13-14-19-23/h13-14,18,20-22H,7-12,15-17,19H2,1-6H3. The van der Waals surface area contributed by atoms with Crippen molar-refractivity contribution in [3.05, 3.63) is 23.9 Å². The molecule has 146 valence electrons. The van der Waals surface area contributed by atoms with Gasteiger partial charge in [0.15, 0.2) is 0 Å². The second kappa shape index (κ2) is 12.2. The van der Waals surface area contributed by atoms with E-state index in [1.807, 2.05) is 0 Å². The summed E-state index contributed by atoms with van der Waals surface area (Å²) in [5.41, 5.74) is 3.68. The lowest BCUT2D eigenvalue weighted by atomic mass is 10.2. The van der Waals surface area contributed by atoms with E-state index in [0.717, 1.165) is 23.4 Å². The highest BCUT2D eigenvalue weighted by Gasteiger charge is 2.37. The van der Waals surface area contributed by atoms with Gasteiger partial charge >= 0.3 is 0 Å². The van der Waals surface area contributed by atoms with Gasteiger partial charge in [-0.2, -0.15) is 0 Å². The Bertz CT molecular complexity index is 432. The largest absolute Gasteiger partial charge is 0.271 e. The zero-order valence-corrected chi connectivity index (χ0v) is 18.8. The van der Waals surface area contributed by atoms with Crippen molar-refractivity contribution in [2.75, 3.05) is 0 Å². The SMILES string of the molecule is CCCCC(C)P(=NC1=CC=CC1)(C(C)CCCC)C(C)CCCC. The molecule has 1 aliphatic rings. The molecule has 0 aromatic heterocycles. The molecule has 0 N–H and O–H groups in total. The highest BCUT2D eigenvalue weighted by atomic mass is 31.2. The maximum atomic E-state index is 5.68. The quantitative estimate of drug-likeness (QED) is 0.289. The van der Waals surface area contributed by atoms with E-state index in [4.69, 9.17) is 4.74 Å². The molecule has 1 rings (SSSR count). The van der Waals surface area contributed by atoms with Gasteiger partial charge in [-0.15, -0.1) is 0 Å². The summed E-state index contributed by atoms with van der Waals surface area (Å²) in [6, 6.07) is 0. The van der Waals surface area contributed by atoms with Crippen LogP contribution in [-0.2, 0) is 0 Å². The normalized spacial score (nSPS) is 20.0. The fraction of sp³-hybridized carbons (Fsp3) is 0.826. The number of hydrogen-bond acceptors (Lipinski definition) is 1. The first kappa shape index (κ1) is 22.8. The Labute approximate surface area is 158 Å². The Morgan fingerprint density at radius 3 is 1.60 bits per heavy atom. The van der Waals surface area contributed by atoms with E-state index in [-0.39, 0.29) is 0 Å². The summed E-state index contributed by atoms with van der Waals surface area (Å²) >= 11 is 0. The Morgan fingerprint density at radius 1 is 0.840 bits per heavy atom. The van der Waals surface area contributed by atoms with E-state index in [1.165, 1.54) is 63.5 Å². The van der Waals surface area contributed by atoms with Gasteiger partial charge in [0.1, 0.15) is 0 Å². The van der Waals surface area contributed by atoms with Crippen molar-refractivity contribution in [2.45, 2.75) is 123 Å². The molecule has 0 amide bonds. The first-order chi connectivity index (χ1) is 12.0. The monoisotopic (exact) mass is 365 g/mol. The van der Waals surface area contributed by atoms with Crippen LogP contribution < -0.4 is 0 Å². The maximum Gasteiger partial charge on any atom is 0.0425 e. The van der Waals surface area contributed by atoms with Crippen LogP contribution >= 0.6 is 7.05 Å². The Hall–Kier alpha value is -0.290. The Morgan fingerprint density at radius 2 is 1.28 bits per heavy atom. The summed E-state index contributed by atoms with van der Waals surface area (Å²) in [5, 5.41) is 0. The highest BCUT2D eigenvalue weighted by molar-refractivity contribution is 7.68. The second-order valence-corrected chi connectivity index (χ2v) is 12.6. The van der Waals surface area contributed by atoms with Gasteiger partial charge in [-0.3, -0.25) is 4.74 Å². The highest BCUT2D eigenvalue weighted by Crippen LogP contribution is 2.66. The van der Waals surface area contributed by atoms with Crippen molar-refractivity contribution >= 4 is 7.05 Å². The molecule has 0 spiro atoms. The van der Waals surface area contributed by atoms with Crippen molar-refractivity contribution in [3.8, 4) is 0 Å². The van der Waals surface area contributed by atoms with Crippen molar-refractivity contribution in [1.29, 1.82) is 0 Å². The average molecular weight is 366 g/mol. The minimum Gasteiger partial charge on any atom is -0.271 e. The molecule has 0 saturated carbocycles. The third kappa shape index (κ3) is 6.42. The number of hydrogen-bond donors (Lipinski definition) is 0. The molecule has 0 radical (unpaired) electrons. The van der Waals surface area contributed by atoms with Crippen LogP contribution in [0, 0.1) is 0 Å². The maximum absolute atomic E-state index is 5.68. The van der Waals surface area contributed by atoms with Crippen LogP contribution in [0.5, 0.6) is 0 Å². The van der Waals surface area contributed by atoms with Crippen LogP contribution in [0.3, 0.4) is 0 Å². The average Bonchev–Trinajstić information content (AvgIpc) is 3.12.